The van der Waals surface area contributed by atoms with E-state index in [4.69, 9.17) is 9.47 Å². The molecular formula is C24H23NO5S. The number of rotatable bonds is 9. The molecular weight excluding hydrogens is 414 g/mol. The van der Waals surface area contributed by atoms with Crippen molar-refractivity contribution in [1.29, 1.82) is 0 Å². The fraction of sp³-hybridized carbons (Fsp3) is 0.208. The molecule has 0 aliphatic heterocycles. The molecule has 1 heterocycles. The van der Waals surface area contributed by atoms with Gasteiger partial charge in [0.2, 0.25) is 6.10 Å². The molecule has 3 aromatic rings. The van der Waals surface area contributed by atoms with Gasteiger partial charge in [0.1, 0.15) is 5.75 Å². The van der Waals surface area contributed by atoms with Crippen LogP contribution in [0.15, 0.2) is 66.7 Å². The molecule has 0 aliphatic carbocycles. The first kappa shape index (κ1) is 22.2. The van der Waals surface area contributed by atoms with Crippen LogP contribution in [0.3, 0.4) is 0 Å². The van der Waals surface area contributed by atoms with Crippen molar-refractivity contribution >= 4 is 34.7 Å². The second kappa shape index (κ2) is 10.5. The van der Waals surface area contributed by atoms with Crippen LogP contribution in [-0.4, -0.2) is 24.8 Å². The van der Waals surface area contributed by atoms with Gasteiger partial charge in [-0.3, -0.25) is 14.4 Å². The predicted molar refractivity (Wildman–Crippen MR) is 120 cm³/mol. The molecule has 0 saturated carbocycles. The summed E-state index contributed by atoms with van der Waals surface area (Å²) in [6.45, 7) is 1.92. The average molecular weight is 438 g/mol. The zero-order valence-corrected chi connectivity index (χ0v) is 18.1. The summed E-state index contributed by atoms with van der Waals surface area (Å²) in [5.74, 6) is -0.547. The number of carbonyl (C=O) groups is 3. The van der Waals surface area contributed by atoms with Gasteiger partial charge in [0.25, 0.3) is 5.91 Å². The van der Waals surface area contributed by atoms with Gasteiger partial charge in [-0.05, 0) is 43.3 Å². The number of carbonyl (C=O) groups excluding carboxylic acids is 3. The molecule has 0 saturated heterocycles. The van der Waals surface area contributed by atoms with E-state index >= 15 is 0 Å². The minimum absolute atomic E-state index is 0.0282. The Balaban J connectivity index is 1.66. The molecule has 0 radical (unpaired) electrons. The van der Waals surface area contributed by atoms with Crippen molar-refractivity contribution in [2.45, 2.75) is 25.9 Å². The summed E-state index contributed by atoms with van der Waals surface area (Å²) >= 11 is 1.39. The summed E-state index contributed by atoms with van der Waals surface area (Å²) in [6.07, 6.45) is -1.20. The van der Waals surface area contributed by atoms with Crippen molar-refractivity contribution < 1.29 is 23.9 Å². The lowest BCUT2D eigenvalue weighted by molar-refractivity contribution is -0.154. The summed E-state index contributed by atoms with van der Waals surface area (Å²) < 4.78 is 10.6. The van der Waals surface area contributed by atoms with E-state index in [-0.39, 0.29) is 18.6 Å². The first-order valence-electron chi connectivity index (χ1n) is 9.75. The maximum absolute atomic E-state index is 12.9. The van der Waals surface area contributed by atoms with Crippen LogP contribution in [-0.2, 0) is 14.3 Å². The number of hydrogen-bond donors (Lipinski definition) is 1. The van der Waals surface area contributed by atoms with Crippen LogP contribution in [0.2, 0.25) is 0 Å². The van der Waals surface area contributed by atoms with Gasteiger partial charge in [-0.2, -0.15) is 0 Å². The normalized spacial score (nSPS) is 11.4. The lowest BCUT2D eigenvalue weighted by Gasteiger charge is -2.18. The van der Waals surface area contributed by atoms with Gasteiger partial charge in [-0.15, -0.1) is 11.3 Å². The first-order valence-corrected chi connectivity index (χ1v) is 10.6. The largest absolute Gasteiger partial charge is 0.497 e. The Morgan fingerprint density at radius 1 is 0.935 bits per heavy atom. The maximum Gasteiger partial charge on any atom is 0.307 e. The van der Waals surface area contributed by atoms with Crippen LogP contribution < -0.4 is 10.1 Å². The first-order chi connectivity index (χ1) is 15.0. The number of Topliss-reactive ketones (excluding diaryl/α,β-unsaturated/α-hetero) is 1. The SMILES string of the molecule is COc1ccc(NC(=O)C(OC(=O)CCC(=O)c2ccc(C)s2)c2ccccc2)cc1. The highest BCUT2D eigenvalue weighted by atomic mass is 32.1. The molecule has 0 fully saturated rings. The molecule has 2 aromatic carbocycles. The van der Waals surface area contributed by atoms with Crippen molar-refractivity contribution in [2.24, 2.45) is 0 Å². The van der Waals surface area contributed by atoms with E-state index in [1.54, 1.807) is 61.7 Å². The average Bonchev–Trinajstić information content (AvgIpc) is 3.23. The fourth-order valence-corrected chi connectivity index (χ4v) is 3.73. The van der Waals surface area contributed by atoms with Crippen LogP contribution in [0, 0.1) is 6.92 Å². The summed E-state index contributed by atoms with van der Waals surface area (Å²) in [4.78, 5) is 39.2. The maximum atomic E-state index is 12.9. The van der Waals surface area contributed by atoms with Crippen molar-refractivity contribution in [1.82, 2.24) is 0 Å². The second-order valence-electron chi connectivity index (χ2n) is 6.83. The van der Waals surface area contributed by atoms with Crippen LogP contribution >= 0.6 is 11.3 Å². The lowest BCUT2D eigenvalue weighted by atomic mass is 10.1. The van der Waals surface area contributed by atoms with Crippen LogP contribution in [0.5, 0.6) is 5.75 Å². The smallest absolute Gasteiger partial charge is 0.307 e. The number of benzene rings is 2. The van der Waals surface area contributed by atoms with Crippen molar-refractivity contribution in [3.63, 3.8) is 0 Å². The number of aryl methyl sites for hydroxylation is 1. The molecule has 1 N–H and O–H groups in total. The molecule has 0 spiro atoms. The lowest BCUT2D eigenvalue weighted by Crippen LogP contribution is -2.26. The standard InChI is InChI=1S/C24H23NO5S/c1-16-8-14-21(31-16)20(26)13-15-22(27)30-23(17-6-4-3-5-7-17)24(28)25-18-9-11-19(29-2)12-10-18/h3-12,14,23H,13,15H2,1-2H3,(H,25,28). The van der Waals surface area contributed by atoms with Gasteiger partial charge in [0, 0.05) is 22.5 Å². The molecule has 6 nitrogen and oxygen atoms in total. The molecule has 0 aliphatic rings. The van der Waals surface area contributed by atoms with Crippen molar-refractivity contribution in [3.05, 3.63) is 82.0 Å². The Hall–Kier alpha value is -3.45. The number of ketones is 1. The van der Waals surface area contributed by atoms with Crippen LogP contribution in [0.4, 0.5) is 5.69 Å². The number of anilines is 1. The van der Waals surface area contributed by atoms with Crippen molar-refractivity contribution in [3.8, 4) is 5.75 Å². The number of hydrogen-bond acceptors (Lipinski definition) is 6. The van der Waals surface area contributed by atoms with E-state index in [0.717, 1.165) is 4.88 Å². The summed E-state index contributed by atoms with van der Waals surface area (Å²) in [6, 6.07) is 19.2. The van der Waals surface area contributed by atoms with Crippen LogP contribution in [0.1, 0.15) is 39.1 Å². The topological polar surface area (TPSA) is 81.7 Å². The molecule has 3 rings (SSSR count). The number of amides is 1. The molecule has 0 bridgehead atoms. The Morgan fingerprint density at radius 2 is 1.65 bits per heavy atom. The highest BCUT2D eigenvalue weighted by Crippen LogP contribution is 2.23. The molecule has 31 heavy (non-hydrogen) atoms. The number of methoxy groups -OCH3 is 1. The van der Waals surface area contributed by atoms with E-state index < -0.39 is 18.0 Å². The van der Waals surface area contributed by atoms with Gasteiger partial charge >= 0.3 is 5.97 Å². The molecule has 1 aromatic heterocycles. The Morgan fingerprint density at radius 3 is 2.26 bits per heavy atom. The Labute approximate surface area is 184 Å². The monoisotopic (exact) mass is 437 g/mol. The van der Waals surface area contributed by atoms with Gasteiger partial charge in [-0.1, -0.05) is 30.3 Å². The van der Waals surface area contributed by atoms with Crippen LogP contribution in [0.25, 0.3) is 0 Å². The van der Waals surface area contributed by atoms with Gasteiger partial charge in [0.15, 0.2) is 5.78 Å². The Kier molecular flexibility index (Phi) is 7.56. The van der Waals surface area contributed by atoms with E-state index in [1.165, 1.54) is 11.3 Å². The number of esters is 1. The minimum Gasteiger partial charge on any atom is -0.497 e. The van der Waals surface area contributed by atoms with Gasteiger partial charge in [-0.25, -0.2) is 0 Å². The summed E-state index contributed by atoms with van der Waals surface area (Å²) in [7, 11) is 1.56. The number of ether oxygens (including phenoxy) is 2. The third-order valence-corrected chi connectivity index (χ3v) is 5.56. The minimum atomic E-state index is -1.13. The quantitative estimate of drug-likeness (QED) is 0.378. The molecule has 160 valence electrons. The molecule has 1 amide bonds. The summed E-state index contributed by atoms with van der Waals surface area (Å²) in [5, 5.41) is 2.75. The third kappa shape index (κ3) is 6.26. The highest BCUT2D eigenvalue weighted by Gasteiger charge is 2.25. The highest BCUT2D eigenvalue weighted by molar-refractivity contribution is 7.14. The predicted octanol–water partition coefficient (Wildman–Crippen LogP) is 4.95. The van der Waals surface area contributed by atoms with E-state index in [9.17, 15) is 14.4 Å². The van der Waals surface area contributed by atoms with E-state index in [0.29, 0.717) is 21.9 Å². The van der Waals surface area contributed by atoms with Crippen molar-refractivity contribution in [2.75, 3.05) is 12.4 Å². The molecule has 1 unspecified atom stereocenters. The zero-order chi connectivity index (χ0) is 22.2. The fourth-order valence-electron chi connectivity index (χ4n) is 2.90. The van der Waals surface area contributed by atoms with Gasteiger partial charge in [0.05, 0.1) is 18.4 Å². The summed E-state index contributed by atoms with van der Waals surface area (Å²) in [5.41, 5.74) is 1.09. The van der Waals surface area contributed by atoms with E-state index in [2.05, 4.69) is 5.32 Å². The van der Waals surface area contributed by atoms with Gasteiger partial charge < -0.3 is 14.8 Å². The third-order valence-electron chi connectivity index (χ3n) is 4.52. The van der Waals surface area contributed by atoms with E-state index in [1.807, 2.05) is 19.1 Å². The molecule has 1 atom stereocenters. The zero-order valence-electron chi connectivity index (χ0n) is 17.3. The number of nitrogens with one attached hydrogen (secondary N) is 1. The molecule has 7 heteroatoms. The number of thiophene rings is 1. The Bertz CT molecular complexity index is 1040. The second-order valence-corrected chi connectivity index (χ2v) is 8.12.